The van der Waals surface area contributed by atoms with Crippen molar-refractivity contribution in [1.82, 2.24) is 0 Å². The van der Waals surface area contributed by atoms with E-state index in [0.717, 1.165) is 11.1 Å². The van der Waals surface area contributed by atoms with E-state index in [4.69, 9.17) is 4.65 Å². The van der Waals surface area contributed by atoms with E-state index in [-0.39, 0.29) is 24.2 Å². The molecular formula is C18H18BCrF2NO. The summed E-state index contributed by atoms with van der Waals surface area (Å²) in [6.45, 7) is 4.44. The molecule has 1 heterocycles. The predicted molar refractivity (Wildman–Crippen MR) is 88.6 cm³/mol. The zero-order valence-corrected chi connectivity index (χ0v) is 14.5. The summed E-state index contributed by atoms with van der Waals surface area (Å²) in [6.07, 6.45) is 0. The number of hydrogen-bond acceptors (Lipinski definition) is 1. The molecule has 0 radical (unpaired) electrons. The van der Waals surface area contributed by atoms with Crippen LogP contribution in [-0.4, -0.2) is 22.5 Å². The number of rotatable bonds is 4. The van der Waals surface area contributed by atoms with Gasteiger partial charge in [-0.25, -0.2) is 0 Å². The summed E-state index contributed by atoms with van der Waals surface area (Å²) < 4.78 is 34.8. The molecule has 0 amide bonds. The minimum absolute atomic E-state index is 0.120. The summed E-state index contributed by atoms with van der Waals surface area (Å²) in [5, 5.41) is 0. The van der Waals surface area contributed by atoms with E-state index in [1.54, 1.807) is 0 Å². The molecule has 0 aromatic heterocycles. The van der Waals surface area contributed by atoms with Crippen molar-refractivity contribution >= 4 is 11.6 Å². The van der Waals surface area contributed by atoms with E-state index < -0.39 is 11.4 Å². The van der Waals surface area contributed by atoms with Gasteiger partial charge in [0.25, 0.3) is 0 Å². The molecule has 1 aliphatic heterocycles. The van der Waals surface area contributed by atoms with Crippen LogP contribution in [0.25, 0.3) is 0 Å². The second-order valence-corrected chi connectivity index (χ2v) is 6.81. The van der Waals surface area contributed by atoms with Crippen LogP contribution < -0.4 is 0 Å². The third kappa shape index (κ3) is 3.43. The first-order valence-electron chi connectivity index (χ1n) is 7.77. The van der Waals surface area contributed by atoms with E-state index in [2.05, 4.69) is 22.4 Å². The van der Waals surface area contributed by atoms with Gasteiger partial charge in [-0.1, -0.05) is 0 Å². The first-order valence-corrected chi connectivity index (χ1v) is 8.41. The van der Waals surface area contributed by atoms with Gasteiger partial charge in [-0.05, 0) is 0 Å². The van der Waals surface area contributed by atoms with Crippen LogP contribution in [0.1, 0.15) is 11.1 Å². The Labute approximate surface area is 149 Å². The van der Waals surface area contributed by atoms with Gasteiger partial charge in [0.2, 0.25) is 0 Å². The predicted octanol–water partition coefficient (Wildman–Crippen LogP) is 3.84. The average molecular weight is 365 g/mol. The van der Waals surface area contributed by atoms with Crippen LogP contribution in [0.3, 0.4) is 0 Å². The third-order valence-corrected chi connectivity index (χ3v) is 4.96. The third-order valence-electron chi connectivity index (χ3n) is 4.36. The number of benzene rings is 2. The summed E-state index contributed by atoms with van der Waals surface area (Å²) in [5.41, 5.74) is 2.29. The molecule has 2 aromatic rings. The Kier molecular flexibility index (Phi) is 4.84. The molecule has 1 aliphatic rings. The van der Waals surface area contributed by atoms with Gasteiger partial charge < -0.3 is 0 Å². The molecule has 0 saturated carbocycles. The molecule has 2 aromatic carbocycles. The van der Waals surface area contributed by atoms with E-state index in [9.17, 15) is 0 Å². The molecule has 0 spiro atoms. The molecule has 0 N–H and O–H groups in total. The molecule has 0 unspecified atom stereocenters. The fourth-order valence-electron chi connectivity index (χ4n) is 3.15. The van der Waals surface area contributed by atoms with Gasteiger partial charge in [0, 0.05) is 0 Å². The minimum atomic E-state index is -4.10. The van der Waals surface area contributed by atoms with Crippen molar-refractivity contribution < 1.29 is 33.5 Å². The van der Waals surface area contributed by atoms with Gasteiger partial charge in [-0.3, -0.25) is 0 Å². The van der Waals surface area contributed by atoms with Gasteiger partial charge in [0.05, 0.1) is 0 Å². The average Bonchev–Trinajstić information content (AvgIpc) is 2.55. The monoisotopic (exact) mass is 365 g/mol. The van der Waals surface area contributed by atoms with Crippen molar-refractivity contribution in [3.8, 4) is 0 Å². The van der Waals surface area contributed by atoms with Crippen LogP contribution in [0.2, 0.25) is 0 Å². The van der Waals surface area contributed by atoms with Crippen LogP contribution in [0, 0.1) is 0 Å². The summed E-state index contributed by atoms with van der Waals surface area (Å²) in [6, 6.07) is 18.7. The molecular weight excluding hydrogens is 347 g/mol. The van der Waals surface area contributed by atoms with Gasteiger partial charge in [0.15, 0.2) is 0 Å². The van der Waals surface area contributed by atoms with E-state index in [1.165, 1.54) is 0 Å². The Balaban J connectivity index is 2.02. The Morgan fingerprint density at radius 3 is 1.88 bits per heavy atom. The molecule has 2 nitrogen and oxygen atoms in total. The molecule has 0 bridgehead atoms. The van der Waals surface area contributed by atoms with Crippen molar-refractivity contribution in [3.05, 3.63) is 83.9 Å². The van der Waals surface area contributed by atoms with Gasteiger partial charge in [0.1, 0.15) is 0 Å². The number of hydrogen-bond donors (Lipinski definition) is 0. The van der Waals surface area contributed by atoms with Crippen molar-refractivity contribution in [2.45, 2.75) is 13.1 Å². The van der Waals surface area contributed by atoms with Gasteiger partial charge >= 0.3 is 149 Å². The fraction of sp³-hybridized carbons (Fsp3) is 0.167. The summed E-state index contributed by atoms with van der Waals surface area (Å²) >= 11 is 2.57. The number of quaternary nitrogens is 1. The maximum absolute atomic E-state index is 15.0. The Morgan fingerprint density at radius 2 is 1.42 bits per heavy atom. The maximum atomic E-state index is 15.0. The summed E-state index contributed by atoms with van der Waals surface area (Å²) in [4.78, 5) is 0. The standard InChI is InChI=1S/C18H18BF2NO.Cr/c1-16-12-22(19(20,21)23-15-16,13-17-8-4-2-5-9-17)14-18-10-6-3-7-11-18;/h2-11H,1,12-14H2;. The molecule has 24 heavy (non-hydrogen) atoms. The molecule has 6 heteroatoms. The van der Waals surface area contributed by atoms with Crippen LogP contribution in [0.4, 0.5) is 8.63 Å². The molecule has 0 atom stereocenters. The molecule has 0 aliphatic carbocycles. The van der Waals surface area contributed by atoms with E-state index >= 15 is 8.63 Å². The zero-order valence-electron chi connectivity index (χ0n) is 13.2. The van der Waals surface area contributed by atoms with E-state index in [0.29, 0.717) is 5.57 Å². The number of nitrogens with zero attached hydrogens (tertiary/aromatic N) is 1. The van der Waals surface area contributed by atoms with Crippen molar-refractivity contribution in [2.24, 2.45) is 0 Å². The molecule has 3 rings (SSSR count). The first-order chi connectivity index (χ1) is 11.4. The second kappa shape index (κ2) is 6.74. The Morgan fingerprint density at radius 1 is 0.958 bits per heavy atom. The summed E-state index contributed by atoms with van der Waals surface area (Å²) in [7, 11) is -4.10. The Hall–Kier alpha value is -1.57. The topological polar surface area (TPSA) is 9.23 Å². The van der Waals surface area contributed by atoms with Gasteiger partial charge in [-0.15, -0.1) is 0 Å². The molecule has 1 fully saturated rings. The first kappa shape index (κ1) is 17.3. The quantitative estimate of drug-likeness (QED) is 0.749. The molecule has 124 valence electrons. The summed E-state index contributed by atoms with van der Waals surface area (Å²) in [5.74, 6) is 0. The second-order valence-electron chi connectivity index (χ2n) is 6.23. The van der Waals surface area contributed by atoms with Crippen LogP contribution in [0.5, 0.6) is 0 Å². The normalized spacial score (nSPS) is 19.2. The SMILES string of the molecule is C=C1C[N+](Cc2ccccc2)(Cc2ccccc2)[B-](F)(F)O[C]1=[Cr]. The van der Waals surface area contributed by atoms with Gasteiger partial charge in [-0.2, -0.15) is 0 Å². The van der Waals surface area contributed by atoms with Crippen LogP contribution >= 0.6 is 0 Å². The zero-order chi connectivity index (χ0) is 17.2. The van der Waals surface area contributed by atoms with Crippen molar-refractivity contribution in [2.75, 3.05) is 6.54 Å². The van der Waals surface area contributed by atoms with Crippen molar-refractivity contribution in [3.63, 3.8) is 0 Å². The van der Waals surface area contributed by atoms with Crippen molar-refractivity contribution in [1.29, 1.82) is 0 Å². The number of halogens is 2. The fourth-order valence-corrected chi connectivity index (χ4v) is 3.43. The van der Waals surface area contributed by atoms with E-state index in [1.807, 2.05) is 60.7 Å². The van der Waals surface area contributed by atoms with Crippen LogP contribution in [-0.2, 0) is 33.6 Å². The van der Waals surface area contributed by atoms with Crippen LogP contribution in [0.15, 0.2) is 72.8 Å². The molecule has 1 saturated heterocycles. The Bertz CT molecular complexity index is 711.